The summed E-state index contributed by atoms with van der Waals surface area (Å²) in [5.41, 5.74) is 0.907. The summed E-state index contributed by atoms with van der Waals surface area (Å²) >= 11 is 0. The first kappa shape index (κ1) is 9.65. The Bertz CT molecular complexity index is 310. The summed E-state index contributed by atoms with van der Waals surface area (Å²) in [7, 11) is 0. The highest BCUT2D eigenvalue weighted by Gasteiger charge is 1.99. The van der Waals surface area contributed by atoms with Gasteiger partial charge < -0.3 is 0 Å². The number of hydrogen-bond donors (Lipinski definition) is 0. The zero-order chi connectivity index (χ0) is 9.68. The zero-order valence-electron chi connectivity index (χ0n) is 7.46. The number of hydrogen-bond acceptors (Lipinski definition) is 1. The van der Waals surface area contributed by atoms with E-state index in [9.17, 15) is 9.18 Å². The van der Waals surface area contributed by atoms with E-state index in [-0.39, 0.29) is 12.2 Å². The van der Waals surface area contributed by atoms with Gasteiger partial charge in [-0.2, -0.15) is 0 Å². The van der Waals surface area contributed by atoms with Crippen LogP contribution in [0.1, 0.15) is 12.5 Å². The van der Waals surface area contributed by atoms with Crippen molar-refractivity contribution < 1.29 is 9.18 Å². The second-order valence-corrected chi connectivity index (χ2v) is 2.86. The highest BCUT2D eigenvalue weighted by atomic mass is 19.1. The molecule has 0 saturated carbocycles. The summed E-state index contributed by atoms with van der Waals surface area (Å²) in [6.45, 7) is 1.27. The Balaban J connectivity index is 2.61. The summed E-state index contributed by atoms with van der Waals surface area (Å²) < 4.78 is 12.3. The molecule has 0 amide bonds. The van der Waals surface area contributed by atoms with E-state index in [0.29, 0.717) is 0 Å². The third-order valence-corrected chi connectivity index (χ3v) is 1.58. The maximum atomic E-state index is 12.3. The molecule has 0 aromatic heterocycles. The molecule has 0 spiro atoms. The number of halogens is 1. The molecule has 1 aromatic carbocycles. The fraction of sp³-hybridized carbons (Fsp3) is 0.182. The molecule has 0 N–H and O–H groups in total. The van der Waals surface area contributed by atoms with E-state index in [1.54, 1.807) is 0 Å². The van der Waals surface area contributed by atoms with Crippen molar-refractivity contribution in [3.63, 3.8) is 0 Å². The first-order chi connectivity index (χ1) is 6.18. The molecule has 13 heavy (non-hydrogen) atoms. The highest BCUT2D eigenvalue weighted by Crippen LogP contribution is 2.02. The lowest BCUT2D eigenvalue weighted by atomic mass is 10.1. The van der Waals surface area contributed by atoms with Crippen LogP contribution in [0.2, 0.25) is 0 Å². The molecule has 0 fully saturated rings. The van der Waals surface area contributed by atoms with Crippen molar-refractivity contribution in [3.05, 3.63) is 47.8 Å². The first-order valence-corrected chi connectivity index (χ1v) is 4.09. The lowest BCUT2D eigenvalue weighted by Gasteiger charge is -1.95. The molecule has 68 valence electrons. The van der Waals surface area contributed by atoms with Crippen molar-refractivity contribution in [2.24, 2.45) is 0 Å². The second-order valence-electron chi connectivity index (χ2n) is 2.86. The number of carbonyl (C=O) groups excluding carboxylic acids is 1. The minimum Gasteiger partial charge on any atom is -0.294 e. The van der Waals surface area contributed by atoms with Crippen LogP contribution in [0.3, 0.4) is 0 Å². The van der Waals surface area contributed by atoms with Crippen LogP contribution in [-0.2, 0) is 11.2 Å². The molecule has 0 radical (unpaired) electrons. The molecule has 0 bridgehead atoms. The summed E-state index contributed by atoms with van der Waals surface area (Å²) in [5, 5.41) is 0. The van der Waals surface area contributed by atoms with Gasteiger partial charge >= 0.3 is 0 Å². The van der Waals surface area contributed by atoms with E-state index in [4.69, 9.17) is 0 Å². The fourth-order valence-corrected chi connectivity index (χ4v) is 1.07. The largest absolute Gasteiger partial charge is 0.294 e. The quantitative estimate of drug-likeness (QED) is 0.650. The molecule has 0 aliphatic carbocycles. The summed E-state index contributed by atoms with van der Waals surface area (Å²) in [6, 6.07) is 9.28. The van der Waals surface area contributed by atoms with Gasteiger partial charge in [-0.3, -0.25) is 4.79 Å². The van der Waals surface area contributed by atoms with Gasteiger partial charge in [-0.25, -0.2) is 4.39 Å². The molecular formula is C11H11FO. The van der Waals surface area contributed by atoms with E-state index in [0.717, 1.165) is 11.6 Å². The predicted molar refractivity (Wildman–Crippen MR) is 50.0 cm³/mol. The Morgan fingerprint density at radius 1 is 1.38 bits per heavy atom. The van der Waals surface area contributed by atoms with Crippen molar-refractivity contribution in [2.75, 3.05) is 0 Å². The summed E-state index contributed by atoms with van der Waals surface area (Å²) in [5.74, 6) is -0.646. The van der Waals surface area contributed by atoms with Crippen molar-refractivity contribution in [2.45, 2.75) is 13.3 Å². The van der Waals surface area contributed by atoms with E-state index in [1.807, 2.05) is 30.3 Å². The fourth-order valence-electron chi connectivity index (χ4n) is 1.07. The van der Waals surface area contributed by atoms with Crippen LogP contribution in [-0.4, -0.2) is 5.78 Å². The molecule has 1 rings (SSSR count). The predicted octanol–water partition coefficient (Wildman–Crippen LogP) is 2.67. The molecule has 2 heteroatoms. The number of allylic oxidation sites excluding steroid dienone is 2. The van der Waals surface area contributed by atoms with E-state index >= 15 is 0 Å². The van der Waals surface area contributed by atoms with Crippen molar-refractivity contribution in [1.29, 1.82) is 0 Å². The highest BCUT2D eigenvalue weighted by molar-refractivity contribution is 5.91. The Morgan fingerprint density at radius 2 is 2.00 bits per heavy atom. The molecule has 1 nitrogen and oxygen atoms in total. The van der Waals surface area contributed by atoms with Crippen LogP contribution in [0.15, 0.2) is 42.2 Å². The summed E-state index contributed by atoms with van der Waals surface area (Å²) in [6.07, 6.45) is 1.29. The van der Waals surface area contributed by atoms with Gasteiger partial charge in [0.25, 0.3) is 0 Å². The topological polar surface area (TPSA) is 17.1 Å². The van der Waals surface area contributed by atoms with Crippen LogP contribution < -0.4 is 0 Å². The monoisotopic (exact) mass is 178 g/mol. The molecule has 1 aromatic rings. The molecular weight excluding hydrogens is 167 g/mol. The van der Waals surface area contributed by atoms with E-state index in [1.165, 1.54) is 6.92 Å². The smallest absolute Gasteiger partial charge is 0.162 e. The van der Waals surface area contributed by atoms with Crippen LogP contribution in [0.4, 0.5) is 4.39 Å². The van der Waals surface area contributed by atoms with Crippen LogP contribution >= 0.6 is 0 Å². The molecule has 0 atom stereocenters. The van der Waals surface area contributed by atoms with Crippen molar-refractivity contribution in [3.8, 4) is 0 Å². The molecule has 0 aliphatic rings. The average molecular weight is 178 g/mol. The van der Waals surface area contributed by atoms with E-state index < -0.39 is 5.83 Å². The van der Waals surface area contributed by atoms with Crippen LogP contribution in [0.25, 0.3) is 0 Å². The number of benzene rings is 1. The Labute approximate surface area is 76.9 Å². The average Bonchev–Trinajstić information content (AvgIpc) is 2.04. The lowest BCUT2D eigenvalue weighted by Crippen LogP contribution is -1.98. The minimum atomic E-state index is -0.444. The Hall–Kier alpha value is -1.44. The van der Waals surface area contributed by atoms with Gasteiger partial charge in [0.05, 0.1) is 0 Å². The molecule has 0 saturated heterocycles. The van der Waals surface area contributed by atoms with Crippen molar-refractivity contribution in [1.82, 2.24) is 0 Å². The Kier molecular flexibility index (Phi) is 3.38. The van der Waals surface area contributed by atoms with Crippen LogP contribution in [0, 0.1) is 0 Å². The van der Waals surface area contributed by atoms with Gasteiger partial charge in [0.1, 0.15) is 5.83 Å². The molecule has 0 aliphatic heterocycles. The van der Waals surface area contributed by atoms with Gasteiger partial charge in [0.2, 0.25) is 0 Å². The number of ketones is 1. The maximum Gasteiger partial charge on any atom is 0.162 e. The van der Waals surface area contributed by atoms with Gasteiger partial charge in [0.15, 0.2) is 5.78 Å². The van der Waals surface area contributed by atoms with Gasteiger partial charge in [-0.15, -0.1) is 0 Å². The SMILES string of the molecule is C/C(F)=C\C(=O)Cc1ccccc1. The first-order valence-electron chi connectivity index (χ1n) is 4.09. The van der Waals surface area contributed by atoms with Crippen LogP contribution in [0.5, 0.6) is 0 Å². The van der Waals surface area contributed by atoms with Gasteiger partial charge in [-0.1, -0.05) is 30.3 Å². The second kappa shape index (κ2) is 4.55. The van der Waals surface area contributed by atoms with Crippen molar-refractivity contribution >= 4 is 5.78 Å². The third kappa shape index (κ3) is 3.65. The van der Waals surface area contributed by atoms with Gasteiger partial charge in [0, 0.05) is 12.5 Å². The minimum absolute atomic E-state index is 0.203. The number of rotatable bonds is 3. The standard InChI is InChI=1S/C11H11FO/c1-9(12)7-11(13)8-10-5-3-2-4-6-10/h2-7H,8H2,1H3/b9-7+. The lowest BCUT2D eigenvalue weighted by molar-refractivity contribution is -0.114. The maximum absolute atomic E-state index is 12.3. The Morgan fingerprint density at radius 3 is 2.54 bits per heavy atom. The zero-order valence-corrected chi connectivity index (χ0v) is 7.46. The molecule has 0 unspecified atom stereocenters. The third-order valence-electron chi connectivity index (χ3n) is 1.58. The number of carbonyl (C=O) groups is 1. The summed E-state index contributed by atoms with van der Waals surface area (Å²) in [4.78, 5) is 11.1. The van der Waals surface area contributed by atoms with Gasteiger partial charge in [-0.05, 0) is 12.5 Å². The molecule has 0 heterocycles. The van der Waals surface area contributed by atoms with E-state index in [2.05, 4.69) is 0 Å². The normalized spacial score (nSPS) is 11.4.